The Morgan fingerprint density at radius 3 is 2.95 bits per heavy atom. The van der Waals surface area contributed by atoms with Gasteiger partial charge in [-0.1, -0.05) is 6.92 Å². The molecule has 0 spiro atoms. The number of hydrogen-bond donors (Lipinski definition) is 1. The number of aromatic nitrogens is 1. The van der Waals surface area contributed by atoms with E-state index >= 15 is 0 Å². The van der Waals surface area contributed by atoms with Gasteiger partial charge in [0.1, 0.15) is 0 Å². The summed E-state index contributed by atoms with van der Waals surface area (Å²) in [6.45, 7) is 2.67. The summed E-state index contributed by atoms with van der Waals surface area (Å²) in [6, 6.07) is 4.66. The van der Waals surface area contributed by atoms with Gasteiger partial charge < -0.3 is 5.32 Å². The number of nitrogens with zero attached hydrogens (tertiary/aromatic N) is 2. The van der Waals surface area contributed by atoms with Crippen molar-refractivity contribution in [2.75, 3.05) is 5.32 Å². The summed E-state index contributed by atoms with van der Waals surface area (Å²) in [5.41, 5.74) is 0.782. The Kier molecular flexibility index (Phi) is 4.49. The van der Waals surface area contributed by atoms with Gasteiger partial charge in [0.2, 0.25) is 0 Å². The fraction of sp³-hybridized carbons (Fsp3) is 0.250. The molecule has 0 saturated heterocycles. The second kappa shape index (κ2) is 6.12. The molecule has 100 valence electrons. The first kappa shape index (κ1) is 14.0. The molecule has 1 aromatic carbocycles. The second-order valence-electron chi connectivity index (χ2n) is 3.85. The van der Waals surface area contributed by atoms with Crippen molar-refractivity contribution in [1.82, 2.24) is 4.98 Å². The first-order chi connectivity index (χ1) is 9.10. The Hall–Kier alpha value is -1.47. The molecule has 7 heteroatoms. The maximum atomic E-state index is 10.7. The number of non-ortho nitro benzene ring substituents is 1. The molecule has 0 atom stereocenters. The van der Waals surface area contributed by atoms with Crippen LogP contribution in [-0.2, 0) is 13.0 Å². The molecule has 0 aliphatic carbocycles. The van der Waals surface area contributed by atoms with Gasteiger partial charge >= 0.3 is 0 Å². The van der Waals surface area contributed by atoms with Crippen LogP contribution in [-0.4, -0.2) is 9.91 Å². The molecule has 0 saturated carbocycles. The van der Waals surface area contributed by atoms with Crippen molar-refractivity contribution < 1.29 is 4.92 Å². The van der Waals surface area contributed by atoms with Crippen LogP contribution in [0.3, 0.4) is 0 Å². The zero-order valence-corrected chi connectivity index (χ0v) is 12.6. The van der Waals surface area contributed by atoms with Gasteiger partial charge in [-0.3, -0.25) is 10.1 Å². The number of nitro groups is 1. The molecule has 0 aliphatic heterocycles. The molecule has 2 aromatic rings. The second-order valence-corrected chi connectivity index (χ2v) is 5.90. The van der Waals surface area contributed by atoms with Crippen molar-refractivity contribution in [3.8, 4) is 0 Å². The Balaban J connectivity index is 2.10. The highest BCUT2D eigenvalue weighted by Gasteiger charge is 2.09. The fourth-order valence-electron chi connectivity index (χ4n) is 1.54. The Labute approximate surface area is 123 Å². The minimum Gasteiger partial charge on any atom is -0.379 e. The third-order valence-corrected chi connectivity index (χ3v) is 4.35. The zero-order valence-electron chi connectivity index (χ0n) is 10.2. The van der Waals surface area contributed by atoms with Gasteiger partial charge in [-0.25, -0.2) is 4.98 Å². The molecule has 5 nitrogen and oxygen atoms in total. The predicted octanol–water partition coefficient (Wildman–Crippen LogP) is 3.99. The quantitative estimate of drug-likeness (QED) is 0.659. The van der Waals surface area contributed by atoms with E-state index in [-0.39, 0.29) is 5.69 Å². The van der Waals surface area contributed by atoms with Crippen LogP contribution in [0.15, 0.2) is 28.9 Å². The van der Waals surface area contributed by atoms with E-state index in [1.165, 1.54) is 12.1 Å². The molecular weight excluding hydrogens is 330 g/mol. The van der Waals surface area contributed by atoms with Gasteiger partial charge in [0, 0.05) is 27.7 Å². The van der Waals surface area contributed by atoms with E-state index in [0.29, 0.717) is 12.2 Å². The van der Waals surface area contributed by atoms with Gasteiger partial charge in [0.15, 0.2) is 0 Å². The number of thiazole rings is 1. The highest BCUT2D eigenvalue weighted by Crippen LogP contribution is 2.28. The van der Waals surface area contributed by atoms with Crippen molar-refractivity contribution in [2.45, 2.75) is 19.9 Å². The van der Waals surface area contributed by atoms with E-state index in [9.17, 15) is 10.1 Å². The van der Waals surface area contributed by atoms with Crippen LogP contribution in [0.4, 0.5) is 11.4 Å². The van der Waals surface area contributed by atoms with Crippen LogP contribution in [0.2, 0.25) is 0 Å². The number of nitrogens with one attached hydrogen (secondary N) is 1. The topological polar surface area (TPSA) is 68.1 Å². The maximum Gasteiger partial charge on any atom is 0.271 e. The lowest BCUT2D eigenvalue weighted by molar-refractivity contribution is -0.384. The summed E-state index contributed by atoms with van der Waals surface area (Å²) in [5.74, 6) is 0. The molecule has 0 fully saturated rings. The molecule has 1 aromatic heterocycles. The predicted molar refractivity (Wildman–Crippen MR) is 79.6 cm³/mol. The molecule has 0 aliphatic rings. The lowest BCUT2D eigenvalue weighted by Crippen LogP contribution is -1.99. The number of rotatable bonds is 5. The normalized spacial score (nSPS) is 10.4. The Bertz CT molecular complexity index is 600. The standard InChI is InChI=1S/C12H12BrN3O2S/c1-2-12-15-7-9(19-12)6-14-11-5-8(16(17)18)3-4-10(11)13/h3-5,7,14H,2,6H2,1H3. The smallest absolute Gasteiger partial charge is 0.271 e. The van der Waals surface area contributed by atoms with Crippen LogP contribution in [0.25, 0.3) is 0 Å². The van der Waals surface area contributed by atoms with Crippen LogP contribution >= 0.6 is 27.3 Å². The summed E-state index contributed by atoms with van der Waals surface area (Å²) in [4.78, 5) is 15.7. The van der Waals surface area contributed by atoms with Crippen molar-refractivity contribution in [3.63, 3.8) is 0 Å². The van der Waals surface area contributed by atoms with Gasteiger partial charge in [-0.2, -0.15) is 0 Å². The first-order valence-corrected chi connectivity index (χ1v) is 7.32. The third-order valence-electron chi connectivity index (χ3n) is 2.52. The van der Waals surface area contributed by atoms with Crippen molar-refractivity contribution in [2.24, 2.45) is 0 Å². The molecule has 0 unspecified atom stereocenters. The SMILES string of the molecule is CCc1ncc(CNc2cc([N+](=O)[O-])ccc2Br)s1. The molecule has 1 N–H and O–H groups in total. The Morgan fingerprint density at radius 2 is 2.32 bits per heavy atom. The number of nitro benzene ring substituents is 1. The third kappa shape index (κ3) is 3.51. The molecule has 2 rings (SSSR count). The van der Waals surface area contributed by atoms with Gasteiger partial charge in [0.05, 0.1) is 22.2 Å². The highest BCUT2D eigenvalue weighted by atomic mass is 79.9. The van der Waals surface area contributed by atoms with E-state index in [1.54, 1.807) is 17.4 Å². The average Bonchev–Trinajstić information content (AvgIpc) is 2.85. The van der Waals surface area contributed by atoms with E-state index in [0.717, 1.165) is 20.8 Å². The van der Waals surface area contributed by atoms with E-state index < -0.39 is 4.92 Å². The molecule has 0 radical (unpaired) electrons. The van der Waals surface area contributed by atoms with Crippen LogP contribution in [0.5, 0.6) is 0 Å². The fourth-order valence-corrected chi connectivity index (χ4v) is 2.73. The van der Waals surface area contributed by atoms with E-state index in [4.69, 9.17) is 0 Å². The minimum absolute atomic E-state index is 0.0734. The van der Waals surface area contributed by atoms with Crippen LogP contribution in [0, 0.1) is 10.1 Å². The van der Waals surface area contributed by atoms with Crippen molar-refractivity contribution in [1.29, 1.82) is 0 Å². The van der Waals surface area contributed by atoms with Gasteiger partial charge in [0.25, 0.3) is 5.69 Å². The highest BCUT2D eigenvalue weighted by molar-refractivity contribution is 9.10. The van der Waals surface area contributed by atoms with Crippen LogP contribution < -0.4 is 5.32 Å². The van der Waals surface area contributed by atoms with Gasteiger partial charge in [-0.05, 0) is 28.4 Å². The van der Waals surface area contributed by atoms with Gasteiger partial charge in [-0.15, -0.1) is 11.3 Å². The summed E-state index contributed by atoms with van der Waals surface area (Å²) in [6.07, 6.45) is 2.76. The largest absolute Gasteiger partial charge is 0.379 e. The van der Waals surface area contributed by atoms with E-state index in [2.05, 4.69) is 33.2 Å². The summed E-state index contributed by atoms with van der Waals surface area (Å²) >= 11 is 5.02. The Morgan fingerprint density at radius 1 is 1.53 bits per heavy atom. The summed E-state index contributed by atoms with van der Waals surface area (Å²) < 4.78 is 0.804. The summed E-state index contributed by atoms with van der Waals surface area (Å²) in [5, 5.41) is 15.0. The maximum absolute atomic E-state index is 10.7. The number of aryl methyl sites for hydroxylation is 1. The lowest BCUT2D eigenvalue weighted by atomic mass is 10.3. The first-order valence-electron chi connectivity index (χ1n) is 5.71. The zero-order chi connectivity index (χ0) is 13.8. The number of anilines is 1. The number of hydrogen-bond acceptors (Lipinski definition) is 5. The van der Waals surface area contributed by atoms with Crippen molar-refractivity contribution >= 4 is 38.6 Å². The van der Waals surface area contributed by atoms with Crippen LogP contribution in [0.1, 0.15) is 16.8 Å². The minimum atomic E-state index is -0.403. The molecule has 0 amide bonds. The summed E-state index contributed by atoms with van der Waals surface area (Å²) in [7, 11) is 0. The van der Waals surface area contributed by atoms with E-state index in [1.807, 2.05) is 6.20 Å². The number of benzene rings is 1. The van der Waals surface area contributed by atoms with Crippen molar-refractivity contribution in [3.05, 3.63) is 48.9 Å². The molecule has 0 bridgehead atoms. The monoisotopic (exact) mass is 341 g/mol. The molecule has 19 heavy (non-hydrogen) atoms. The average molecular weight is 342 g/mol. The lowest BCUT2D eigenvalue weighted by Gasteiger charge is -2.06. The molecule has 1 heterocycles. The number of halogens is 1. The molecular formula is C12H12BrN3O2S.